The molecule has 1 fully saturated rings. The second-order valence-electron chi connectivity index (χ2n) is 7.36. The number of ether oxygens (including phenoxy) is 1. The number of benzene rings is 2. The first-order valence-electron chi connectivity index (χ1n) is 9.87. The van der Waals surface area contributed by atoms with Crippen molar-refractivity contribution in [2.75, 3.05) is 30.0 Å². The standard InChI is InChI=1S/C22H22FN5O3/c1-14-11-18(7-8-19(14)27-9-10-31-13-20(27)29)24-22(30)21-15(2)28(26-25-21)12-16-3-5-17(23)6-4-16/h3-8,11H,9-10,12-13H2,1-2H3,(H,24,30). The van der Waals surface area contributed by atoms with Gasteiger partial charge in [-0.2, -0.15) is 0 Å². The fourth-order valence-corrected chi connectivity index (χ4v) is 3.48. The monoisotopic (exact) mass is 423 g/mol. The molecule has 160 valence electrons. The van der Waals surface area contributed by atoms with Gasteiger partial charge in [-0.15, -0.1) is 5.10 Å². The molecule has 3 aromatic rings. The maximum Gasteiger partial charge on any atom is 0.278 e. The summed E-state index contributed by atoms with van der Waals surface area (Å²) in [5.74, 6) is -0.768. The number of aromatic nitrogens is 3. The number of amides is 2. The highest BCUT2D eigenvalue weighted by atomic mass is 19.1. The van der Waals surface area contributed by atoms with Crippen LogP contribution in [0.4, 0.5) is 15.8 Å². The predicted octanol–water partition coefficient (Wildman–Crippen LogP) is 2.70. The van der Waals surface area contributed by atoms with Crippen molar-refractivity contribution in [3.05, 3.63) is 70.8 Å². The van der Waals surface area contributed by atoms with Crippen molar-refractivity contribution in [2.45, 2.75) is 20.4 Å². The fraction of sp³-hybridized carbons (Fsp3) is 0.273. The summed E-state index contributed by atoms with van der Waals surface area (Å²) in [4.78, 5) is 26.5. The summed E-state index contributed by atoms with van der Waals surface area (Å²) >= 11 is 0. The Labute approximate surface area is 178 Å². The van der Waals surface area contributed by atoms with Crippen molar-refractivity contribution in [3.63, 3.8) is 0 Å². The van der Waals surface area contributed by atoms with Crippen LogP contribution < -0.4 is 10.2 Å². The molecule has 1 aliphatic heterocycles. The molecule has 0 atom stereocenters. The number of rotatable bonds is 5. The van der Waals surface area contributed by atoms with Gasteiger partial charge in [-0.25, -0.2) is 9.07 Å². The Hall–Kier alpha value is -3.59. The second-order valence-corrected chi connectivity index (χ2v) is 7.36. The Kier molecular flexibility index (Phi) is 5.77. The first-order chi connectivity index (χ1) is 14.9. The quantitative estimate of drug-likeness (QED) is 0.682. The molecule has 1 aromatic heterocycles. The van der Waals surface area contributed by atoms with E-state index >= 15 is 0 Å². The van der Waals surface area contributed by atoms with Crippen LogP contribution in [-0.4, -0.2) is 46.6 Å². The van der Waals surface area contributed by atoms with Crippen LogP contribution in [0, 0.1) is 19.7 Å². The molecule has 0 aliphatic carbocycles. The van der Waals surface area contributed by atoms with Crippen molar-refractivity contribution in [1.29, 1.82) is 0 Å². The third kappa shape index (κ3) is 4.46. The van der Waals surface area contributed by atoms with Gasteiger partial charge in [-0.1, -0.05) is 17.3 Å². The van der Waals surface area contributed by atoms with E-state index in [1.54, 1.807) is 34.7 Å². The number of carbonyl (C=O) groups is 2. The van der Waals surface area contributed by atoms with E-state index in [0.717, 1.165) is 16.8 Å². The molecule has 0 bridgehead atoms. The topological polar surface area (TPSA) is 89.3 Å². The number of anilines is 2. The first kappa shape index (κ1) is 20.7. The summed E-state index contributed by atoms with van der Waals surface area (Å²) in [5.41, 5.74) is 3.93. The molecule has 0 spiro atoms. The largest absolute Gasteiger partial charge is 0.370 e. The molecule has 1 N–H and O–H groups in total. The van der Waals surface area contributed by atoms with E-state index < -0.39 is 0 Å². The summed E-state index contributed by atoms with van der Waals surface area (Å²) in [5, 5.41) is 10.9. The van der Waals surface area contributed by atoms with E-state index in [2.05, 4.69) is 15.6 Å². The lowest BCUT2D eigenvalue weighted by Gasteiger charge is -2.28. The highest BCUT2D eigenvalue weighted by Gasteiger charge is 2.22. The van der Waals surface area contributed by atoms with Crippen LogP contribution in [0.3, 0.4) is 0 Å². The Morgan fingerprint density at radius 3 is 2.68 bits per heavy atom. The molecule has 1 aliphatic rings. The van der Waals surface area contributed by atoms with Crippen LogP contribution in [0.15, 0.2) is 42.5 Å². The lowest BCUT2D eigenvalue weighted by atomic mass is 10.1. The predicted molar refractivity (Wildman–Crippen MR) is 113 cm³/mol. The maximum atomic E-state index is 13.1. The molecule has 2 amide bonds. The lowest BCUT2D eigenvalue weighted by molar-refractivity contribution is -0.125. The Morgan fingerprint density at radius 2 is 1.97 bits per heavy atom. The highest BCUT2D eigenvalue weighted by Crippen LogP contribution is 2.25. The number of carbonyl (C=O) groups excluding carboxylic acids is 2. The van der Waals surface area contributed by atoms with E-state index in [-0.39, 0.29) is 29.9 Å². The van der Waals surface area contributed by atoms with Gasteiger partial charge < -0.3 is 15.0 Å². The maximum absolute atomic E-state index is 13.1. The molecule has 0 unspecified atom stereocenters. The van der Waals surface area contributed by atoms with Gasteiger partial charge in [0.2, 0.25) is 0 Å². The van der Waals surface area contributed by atoms with Gasteiger partial charge in [0.1, 0.15) is 12.4 Å². The van der Waals surface area contributed by atoms with Crippen LogP contribution >= 0.6 is 0 Å². The smallest absolute Gasteiger partial charge is 0.278 e. The number of hydrogen-bond donors (Lipinski definition) is 1. The van der Waals surface area contributed by atoms with Crippen molar-refractivity contribution in [1.82, 2.24) is 15.0 Å². The minimum Gasteiger partial charge on any atom is -0.370 e. The van der Waals surface area contributed by atoms with Crippen LogP contribution in [-0.2, 0) is 16.1 Å². The van der Waals surface area contributed by atoms with Crippen molar-refractivity contribution in [2.24, 2.45) is 0 Å². The van der Waals surface area contributed by atoms with Crippen LogP contribution in [0.5, 0.6) is 0 Å². The van der Waals surface area contributed by atoms with Gasteiger partial charge in [0, 0.05) is 17.9 Å². The molecule has 0 radical (unpaired) electrons. The fourth-order valence-electron chi connectivity index (χ4n) is 3.48. The molecule has 8 nitrogen and oxygen atoms in total. The zero-order chi connectivity index (χ0) is 22.0. The minimum atomic E-state index is -0.377. The third-order valence-electron chi connectivity index (χ3n) is 5.17. The summed E-state index contributed by atoms with van der Waals surface area (Å²) in [6, 6.07) is 11.5. The van der Waals surface area contributed by atoms with Crippen molar-refractivity contribution < 1.29 is 18.7 Å². The van der Waals surface area contributed by atoms with Crippen molar-refractivity contribution in [3.8, 4) is 0 Å². The van der Waals surface area contributed by atoms with Gasteiger partial charge in [0.05, 0.1) is 18.8 Å². The van der Waals surface area contributed by atoms with Gasteiger partial charge in [-0.05, 0) is 55.3 Å². The van der Waals surface area contributed by atoms with E-state index in [9.17, 15) is 14.0 Å². The molecule has 2 aromatic carbocycles. The van der Waals surface area contributed by atoms with Crippen LogP contribution in [0.25, 0.3) is 0 Å². The van der Waals surface area contributed by atoms with Crippen LogP contribution in [0.2, 0.25) is 0 Å². The minimum absolute atomic E-state index is 0.0742. The third-order valence-corrected chi connectivity index (χ3v) is 5.17. The number of nitrogens with zero attached hydrogens (tertiary/aromatic N) is 4. The molecule has 0 saturated carbocycles. The van der Waals surface area contributed by atoms with E-state index in [1.165, 1.54) is 12.1 Å². The number of nitrogens with one attached hydrogen (secondary N) is 1. The van der Waals surface area contributed by atoms with E-state index in [0.29, 0.717) is 31.1 Å². The lowest BCUT2D eigenvalue weighted by Crippen LogP contribution is -2.42. The van der Waals surface area contributed by atoms with Gasteiger partial charge in [0.25, 0.3) is 11.8 Å². The molecule has 1 saturated heterocycles. The number of hydrogen-bond acceptors (Lipinski definition) is 5. The molecule has 31 heavy (non-hydrogen) atoms. The first-order valence-corrected chi connectivity index (χ1v) is 9.87. The van der Waals surface area contributed by atoms with Crippen LogP contribution in [0.1, 0.15) is 27.3 Å². The average molecular weight is 423 g/mol. The molecular weight excluding hydrogens is 401 g/mol. The molecular formula is C22H22FN5O3. The molecule has 2 heterocycles. The Bertz CT molecular complexity index is 1130. The summed E-state index contributed by atoms with van der Waals surface area (Å²) < 4.78 is 19.9. The number of aryl methyl sites for hydroxylation is 1. The van der Waals surface area contributed by atoms with Gasteiger partial charge in [0.15, 0.2) is 5.69 Å². The molecule has 4 rings (SSSR count). The van der Waals surface area contributed by atoms with Crippen molar-refractivity contribution >= 4 is 23.2 Å². The summed E-state index contributed by atoms with van der Waals surface area (Å²) in [7, 11) is 0. The number of halogens is 1. The highest BCUT2D eigenvalue weighted by molar-refractivity contribution is 6.04. The molecule has 9 heteroatoms. The van der Waals surface area contributed by atoms with Gasteiger partial charge in [-0.3, -0.25) is 9.59 Å². The summed E-state index contributed by atoms with van der Waals surface area (Å²) in [6.45, 7) is 5.10. The summed E-state index contributed by atoms with van der Waals surface area (Å²) in [6.07, 6.45) is 0. The Morgan fingerprint density at radius 1 is 1.19 bits per heavy atom. The van der Waals surface area contributed by atoms with E-state index in [4.69, 9.17) is 4.74 Å². The normalized spacial score (nSPS) is 14.0. The average Bonchev–Trinajstić information content (AvgIpc) is 3.11. The zero-order valence-electron chi connectivity index (χ0n) is 17.3. The zero-order valence-corrected chi connectivity index (χ0v) is 17.3. The van der Waals surface area contributed by atoms with E-state index in [1.807, 2.05) is 19.1 Å². The van der Waals surface area contributed by atoms with Gasteiger partial charge >= 0.3 is 0 Å². The SMILES string of the molecule is Cc1cc(NC(=O)c2nnn(Cc3ccc(F)cc3)c2C)ccc1N1CCOCC1=O. The number of morpholine rings is 1. The second kappa shape index (κ2) is 8.65. The Balaban J connectivity index is 1.47.